The van der Waals surface area contributed by atoms with E-state index in [2.05, 4.69) is 9.97 Å². The average molecular weight is 260 g/mol. The third-order valence-corrected chi connectivity index (χ3v) is 3.76. The van der Waals surface area contributed by atoms with Crippen LogP contribution in [0.25, 0.3) is 20.3 Å². The minimum absolute atomic E-state index is 0.0199. The number of hydrogen-bond donors (Lipinski definition) is 2. The van der Waals surface area contributed by atoms with Gasteiger partial charge in [0, 0.05) is 10.1 Å². The number of aliphatic carboxylic acids is 1. The Morgan fingerprint density at radius 3 is 3.06 bits per heavy atom. The van der Waals surface area contributed by atoms with Crippen molar-refractivity contribution < 1.29 is 9.90 Å². The molecule has 90 valence electrons. The van der Waals surface area contributed by atoms with Crippen molar-refractivity contribution in [3.05, 3.63) is 40.4 Å². The summed E-state index contributed by atoms with van der Waals surface area (Å²) in [4.78, 5) is 29.7. The highest BCUT2D eigenvalue weighted by Crippen LogP contribution is 2.30. The number of rotatable bonds is 2. The third-order valence-electron chi connectivity index (χ3n) is 2.70. The van der Waals surface area contributed by atoms with Gasteiger partial charge in [-0.2, -0.15) is 0 Å². The minimum atomic E-state index is -0.869. The van der Waals surface area contributed by atoms with E-state index >= 15 is 0 Å². The molecule has 0 amide bonds. The predicted octanol–water partition coefficient (Wildman–Crippen LogP) is 1.76. The molecule has 0 aliphatic carbocycles. The van der Waals surface area contributed by atoms with Gasteiger partial charge in [0.15, 0.2) is 0 Å². The van der Waals surface area contributed by atoms with Crippen molar-refractivity contribution in [2.24, 2.45) is 0 Å². The zero-order valence-electron chi connectivity index (χ0n) is 9.14. The molecule has 0 atom stereocenters. The first kappa shape index (κ1) is 10.9. The van der Waals surface area contributed by atoms with Gasteiger partial charge in [0.05, 0.1) is 18.1 Å². The summed E-state index contributed by atoms with van der Waals surface area (Å²) in [5.74, 6) is -0.869. The Kier molecular flexibility index (Phi) is 2.38. The van der Waals surface area contributed by atoms with Crippen LogP contribution >= 0.6 is 11.3 Å². The molecule has 0 radical (unpaired) electrons. The molecule has 0 aliphatic heterocycles. The molecule has 6 heteroatoms. The van der Waals surface area contributed by atoms with Gasteiger partial charge < -0.3 is 10.1 Å². The second kappa shape index (κ2) is 3.92. The fourth-order valence-corrected chi connectivity index (χ4v) is 3.05. The molecule has 0 spiro atoms. The van der Waals surface area contributed by atoms with Gasteiger partial charge in [-0.15, -0.1) is 11.3 Å². The Hall–Kier alpha value is -2.21. The fourth-order valence-electron chi connectivity index (χ4n) is 1.94. The Balaban J connectivity index is 2.30. The number of fused-ring (bicyclic) bond motifs is 3. The van der Waals surface area contributed by atoms with E-state index in [0.717, 1.165) is 15.6 Å². The van der Waals surface area contributed by atoms with Crippen molar-refractivity contribution in [2.75, 3.05) is 0 Å². The maximum absolute atomic E-state index is 11.7. The van der Waals surface area contributed by atoms with Crippen LogP contribution in [-0.2, 0) is 11.2 Å². The number of aromatic amines is 1. The lowest BCUT2D eigenvalue weighted by molar-refractivity contribution is -0.136. The maximum atomic E-state index is 11.7. The normalized spacial score (nSPS) is 11.1. The highest BCUT2D eigenvalue weighted by atomic mass is 32.1. The van der Waals surface area contributed by atoms with E-state index in [9.17, 15) is 9.59 Å². The molecule has 2 heterocycles. The summed E-state index contributed by atoms with van der Waals surface area (Å²) >= 11 is 1.39. The van der Waals surface area contributed by atoms with E-state index in [-0.39, 0.29) is 12.0 Å². The number of nitrogens with one attached hydrogen (secondary N) is 1. The fraction of sp³-hybridized carbons (Fsp3) is 0.0833. The van der Waals surface area contributed by atoms with Crippen molar-refractivity contribution in [2.45, 2.75) is 6.42 Å². The zero-order valence-corrected chi connectivity index (χ0v) is 9.95. The quantitative estimate of drug-likeness (QED) is 0.735. The minimum Gasteiger partial charge on any atom is -0.481 e. The number of aromatic nitrogens is 2. The van der Waals surface area contributed by atoms with E-state index in [0.29, 0.717) is 10.2 Å². The van der Waals surface area contributed by atoms with Crippen LogP contribution in [-0.4, -0.2) is 21.0 Å². The number of hydrogen-bond acceptors (Lipinski definition) is 4. The highest BCUT2D eigenvalue weighted by molar-refractivity contribution is 7.25. The molecule has 0 bridgehead atoms. The van der Waals surface area contributed by atoms with Crippen LogP contribution in [0.2, 0.25) is 0 Å². The highest BCUT2D eigenvalue weighted by Gasteiger charge is 2.10. The predicted molar refractivity (Wildman–Crippen MR) is 69.1 cm³/mol. The first-order valence-electron chi connectivity index (χ1n) is 5.26. The van der Waals surface area contributed by atoms with Gasteiger partial charge in [0.2, 0.25) is 0 Å². The Morgan fingerprint density at radius 2 is 2.28 bits per heavy atom. The lowest BCUT2D eigenvalue weighted by Crippen LogP contribution is -2.04. The van der Waals surface area contributed by atoms with Crippen LogP contribution in [0.15, 0.2) is 29.3 Å². The lowest BCUT2D eigenvalue weighted by Gasteiger charge is -1.96. The summed E-state index contributed by atoms with van der Waals surface area (Å²) in [5, 5.41) is 10.1. The van der Waals surface area contributed by atoms with Crippen LogP contribution in [0.5, 0.6) is 0 Å². The Bertz CT molecular complexity index is 819. The van der Waals surface area contributed by atoms with Gasteiger partial charge in [0.25, 0.3) is 5.56 Å². The number of carboxylic acids is 1. The molecule has 5 nitrogen and oxygen atoms in total. The van der Waals surface area contributed by atoms with Crippen LogP contribution < -0.4 is 5.56 Å². The molecule has 0 aliphatic rings. The van der Waals surface area contributed by atoms with Gasteiger partial charge >= 0.3 is 5.97 Å². The van der Waals surface area contributed by atoms with E-state index < -0.39 is 5.97 Å². The van der Waals surface area contributed by atoms with Gasteiger partial charge in [-0.3, -0.25) is 9.59 Å². The van der Waals surface area contributed by atoms with E-state index in [1.54, 1.807) is 18.2 Å². The summed E-state index contributed by atoms with van der Waals surface area (Å²) < 4.78 is 0.882. The Morgan fingerprint density at radius 1 is 1.44 bits per heavy atom. The van der Waals surface area contributed by atoms with Gasteiger partial charge in [-0.05, 0) is 11.6 Å². The number of thiophene rings is 1. The second-order valence-corrected chi connectivity index (χ2v) is 4.95. The van der Waals surface area contributed by atoms with Crippen LogP contribution in [0.3, 0.4) is 0 Å². The topological polar surface area (TPSA) is 83.0 Å². The first-order chi connectivity index (χ1) is 8.65. The summed E-state index contributed by atoms with van der Waals surface area (Å²) in [7, 11) is 0. The summed E-state index contributed by atoms with van der Waals surface area (Å²) in [6, 6.07) is 5.31. The first-order valence-corrected chi connectivity index (χ1v) is 6.07. The van der Waals surface area contributed by atoms with Gasteiger partial charge in [-0.25, -0.2) is 4.98 Å². The largest absolute Gasteiger partial charge is 0.481 e. The monoisotopic (exact) mass is 260 g/mol. The molecule has 0 unspecified atom stereocenters. The molecule has 0 fully saturated rings. The number of carbonyl (C=O) groups is 1. The summed E-state index contributed by atoms with van der Waals surface area (Å²) in [6.07, 6.45) is 1.35. The zero-order chi connectivity index (χ0) is 12.7. The van der Waals surface area contributed by atoms with Crippen molar-refractivity contribution >= 4 is 37.6 Å². The lowest BCUT2D eigenvalue weighted by atomic mass is 10.1. The molecular formula is C12H8N2O3S. The van der Waals surface area contributed by atoms with Crippen molar-refractivity contribution in [3.8, 4) is 0 Å². The molecule has 3 aromatic rings. The maximum Gasteiger partial charge on any atom is 0.307 e. The van der Waals surface area contributed by atoms with E-state index in [4.69, 9.17) is 5.11 Å². The number of H-pyrrole nitrogens is 1. The van der Waals surface area contributed by atoms with E-state index in [1.165, 1.54) is 17.7 Å². The molecule has 3 rings (SSSR count). The molecule has 0 saturated carbocycles. The second-order valence-electron chi connectivity index (χ2n) is 3.91. The molecule has 2 N–H and O–H groups in total. The molecule has 18 heavy (non-hydrogen) atoms. The standard InChI is InChI=1S/C12H8N2O3S/c15-9(16)4-6-1-2-7-8(3-6)18-12-10(7)11(17)13-5-14-12/h1-3,5H,4H2,(H,15,16)(H,13,14,17). The molecule has 1 aromatic carbocycles. The van der Waals surface area contributed by atoms with Gasteiger partial charge in [-0.1, -0.05) is 12.1 Å². The molecule has 0 saturated heterocycles. The van der Waals surface area contributed by atoms with Crippen molar-refractivity contribution in [3.63, 3.8) is 0 Å². The van der Waals surface area contributed by atoms with E-state index in [1.807, 2.05) is 0 Å². The SMILES string of the molecule is O=C(O)Cc1ccc2c(c1)sc1nc[nH]c(=O)c12. The summed E-state index contributed by atoms with van der Waals surface area (Å²) in [6.45, 7) is 0. The Labute approximate surface area is 105 Å². The van der Waals surface area contributed by atoms with Crippen LogP contribution in [0.4, 0.5) is 0 Å². The average Bonchev–Trinajstić information content (AvgIpc) is 2.66. The van der Waals surface area contributed by atoms with Gasteiger partial charge in [0.1, 0.15) is 4.83 Å². The third kappa shape index (κ3) is 1.67. The molecule has 2 aromatic heterocycles. The number of nitrogens with zero attached hydrogens (tertiary/aromatic N) is 1. The number of carboxylic acid groups (broad SMARTS) is 1. The van der Waals surface area contributed by atoms with Crippen LogP contribution in [0, 0.1) is 0 Å². The van der Waals surface area contributed by atoms with Crippen LogP contribution in [0.1, 0.15) is 5.56 Å². The smallest absolute Gasteiger partial charge is 0.307 e. The number of benzene rings is 1. The molecular weight excluding hydrogens is 252 g/mol. The summed E-state index contributed by atoms with van der Waals surface area (Å²) in [5.41, 5.74) is 0.551. The van der Waals surface area contributed by atoms with Crippen molar-refractivity contribution in [1.29, 1.82) is 0 Å². The van der Waals surface area contributed by atoms with Crippen molar-refractivity contribution in [1.82, 2.24) is 9.97 Å².